The number of amides is 1. The second-order valence-corrected chi connectivity index (χ2v) is 6.54. The molecule has 0 aromatic heterocycles. The van der Waals surface area contributed by atoms with Crippen molar-refractivity contribution in [2.24, 2.45) is 0 Å². The normalized spacial score (nSPS) is 25.8. The predicted octanol–water partition coefficient (Wildman–Crippen LogP) is 2.06. The molecule has 2 aliphatic rings. The lowest BCUT2D eigenvalue weighted by Gasteiger charge is -2.37. The lowest BCUT2D eigenvalue weighted by Crippen LogP contribution is -2.50. The van der Waals surface area contributed by atoms with Gasteiger partial charge < -0.3 is 14.7 Å². The largest absolute Gasteiger partial charge is 0.388 e. The highest BCUT2D eigenvalue weighted by molar-refractivity contribution is 5.83. The van der Waals surface area contributed by atoms with Gasteiger partial charge in [0.15, 0.2) is 6.10 Å². The molecule has 1 N–H and O–H groups in total. The van der Waals surface area contributed by atoms with E-state index in [0.717, 1.165) is 24.8 Å². The highest BCUT2D eigenvalue weighted by Crippen LogP contribution is 2.33. The number of hydrogen-bond acceptors (Lipinski definition) is 3. The van der Waals surface area contributed by atoms with Crippen LogP contribution >= 0.6 is 0 Å². The van der Waals surface area contributed by atoms with Gasteiger partial charge in [0.05, 0.1) is 18.2 Å². The third-order valence-electron chi connectivity index (χ3n) is 4.57. The van der Waals surface area contributed by atoms with Crippen LogP contribution in [-0.4, -0.2) is 40.7 Å². The summed E-state index contributed by atoms with van der Waals surface area (Å²) in [6.45, 7) is 4.84. The van der Waals surface area contributed by atoms with E-state index >= 15 is 0 Å². The van der Waals surface area contributed by atoms with Crippen LogP contribution in [0, 0.1) is 0 Å². The Morgan fingerprint density at radius 3 is 2.90 bits per heavy atom. The van der Waals surface area contributed by atoms with Gasteiger partial charge in [-0.3, -0.25) is 4.79 Å². The molecular weight excluding hydrogens is 266 g/mol. The number of benzene rings is 1. The molecule has 0 bridgehead atoms. The number of rotatable bonds is 2. The fraction of sp³-hybridized carbons (Fsp3) is 0.588. The van der Waals surface area contributed by atoms with E-state index in [1.54, 1.807) is 13.8 Å². The van der Waals surface area contributed by atoms with Crippen LogP contribution in [0.1, 0.15) is 43.9 Å². The van der Waals surface area contributed by atoms with Crippen molar-refractivity contribution < 1.29 is 14.6 Å². The van der Waals surface area contributed by atoms with Crippen LogP contribution < -0.4 is 0 Å². The summed E-state index contributed by atoms with van der Waals surface area (Å²) in [4.78, 5) is 14.7. The summed E-state index contributed by atoms with van der Waals surface area (Å²) in [5.41, 5.74) is 1.30. The molecule has 2 aliphatic heterocycles. The van der Waals surface area contributed by atoms with E-state index in [2.05, 4.69) is 6.07 Å². The number of carbonyl (C=O) groups is 1. The first kappa shape index (κ1) is 14.5. The number of hydrogen-bond donors (Lipinski definition) is 1. The van der Waals surface area contributed by atoms with Crippen LogP contribution in [0.5, 0.6) is 0 Å². The molecule has 2 unspecified atom stereocenters. The molecule has 114 valence electrons. The van der Waals surface area contributed by atoms with Crippen molar-refractivity contribution in [1.29, 1.82) is 0 Å². The molecule has 2 atom stereocenters. The zero-order valence-corrected chi connectivity index (χ0v) is 12.7. The zero-order chi connectivity index (χ0) is 15.0. The van der Waals surface area contributed by atoms with Gasteiger partial charge in [-0.2, -0.15) is 0 Å². The average Bonchev–Trinajstić information content (AvgIpc) is 2.95. The van der Waals surface area contributed by atoms with Crippen molar-refractivity contribution in [2.45, 2.75) is 50.9 Å². The second-order valence-electron chi connectivity index (χ2n) is 6.54. The van der Waals surface area contributed by atoms with E-state index in [1.165, 1.54) is 5.56 Å². The van der Waals surface area contributed by atoms with Gasteiger partial charge >= 0.3 is 0 Å². The van der Waals surface area contributed by atoms with E-state index in [-0.39, 0.29) is 11.9 Å². The lowest BCUT2D eigenvalue weighted by atomic mass is 9.94. The fourth-order valence-corrected chi connectivity index (χ4v) is 3.51. The number of likely N-dealkylation sites (tertiary alicyclic amines) is 1. The van der Waals surface area contributed by atoms with Crippen LogP contribution in [0.15, 0.2) is 24.3 Å². The summed E-state index contributed by atoms with van der Waals surface area (Å²) in [6, 6.07) is 7.87. The maximum Gasteiger partial charge on any atom is 0.256 e. The van der Waals surface area contributed by atoms with Crippen LogP contribution in [0.3, 0.4) is 0 Å². The number of ether oxygens (including phenoxy) is 1. The van der Waals surface area contributed by atoms with Crippen LogP contribution in [0.2, 0.25) is 0 Å². The molecule has 0 aliphatic carbocycles. The molecule has 1 saturated heterocycles. The molecule has 1 fully saturated rings. The number of fused-ring (bicyclic) bond motifs is 1. The van der Waals surface area contributed by atoms with Gasteiger partial charge in [-0.05, 0) is 44.2 Å². The third kappa shape index (κ3) is 2.70. The van der Waals surface area contributed by atoms with Gasteiger partial charge in [0.25, 0.3) is 5.91 Å². The number of nitrogens with zero attached hydrogens (tertiary/aromatic N) is 1. The van der Waals surface area contributed by atoms with E-state index in [0.29, 0.717) is 13.2 Å². The Hall–Kier alpha value is -1.39. The Morgan fingerprint density at radius 2 is 2.14 bits per heavy atom. The summed E-state index contributed by atoms with van der Waals surface area (Å²) in [7, 11) is 0. The molecule has 1 aromatic rings. The Morgan fingerprint density at radius 1 is 1.38 bits per heavy atom. The smallest absolute Gasteiger partial charge is 0.256 e. The Kier molecular flexibility index (Phi) is 3.76. The topological polar surface area (TPSA) is 49.8 Å². The summed E-state index contributed by atoms with van der Waals surface area (Å²) < 4.78 is 5.77. The second kappa shape index (κ2) is 5.43. The van der Waals surface area contributed by atoms with Crippen molar-refractivity contribution in [3.8, 4) is 0 Å². The zero-order valence-electron chi connectivity index (χ0n) is 12.7. The first-order valence-corrected chi connectivity index (χ1v) is 7.71. The molecule has 4 heteroatoms. The Balaban J connectivity index is 1.86. The fourth-order valence-electron chi connectivity index (χ4n) is 3.51. The van der Waals surface area contributed by atoms with Gasteiger partial charge in [-0.1, -0.05) is 24.3 Å². The highest BCUT2D eigenvalue weighted by atomic mass is 16.5. The summed E-state index contributed by atoms with van der Waals surface area (Å²) in [5.74, 6) is -0.00762. The van der Waals surface area contributed by atoms with Crippen molar-refractivity contribution >= 4 is 5.91 Å². The molecule has 0 radical (unpaired) electrons. The van der Waals surface area contributed by atoms with E-state index < -0.39 is 11.7 Å². The maximum atomic E-state index is 12.9. The monoisotopic (exact) mass is 289 g/mol. The maximum absolute atomic E-state index is 12.9. The minimum Gasteiger partial charge on any atom is -0.388 e. The van der Waals surface area contributed by atoms with Gasteiger partial charge in [-0.25, -0.2) is 0 Å². The van der Waals surface area contributed by atoms with Gasteiger partial charge in [-0.15, -0.1) is 0 Å². The van der Waals surface area contributed by atoms with Crippen molar-refractivity contribution in [1.82, 2.24) is 4.90 Å². The first-order valence-electron chi connectivity index (χ1n) is 7.71. The van der Waals surface area contributed by atoms with Crippen LogP contribution in [-0.2, 0) is 16.0 Å². The van der Waals surface area contributed by atoms with Crippen molar-refractivity contribution in [2.75, 3.05) is 13.2 Å². The van der Waals surface area contributed by atoms with Crippen molar-refractivity contribution in [3.63, 3.8) is 0 Å². The SMILES string of the molecule is CC(C)(O)C1CCCN1C(=O)C1OCCc2ccccc21. The molecule has 4 nitrogen and oxygen atoms in total. The Labute approximate surface area is 125 Å². The summed E-state index contributed by atoms with van der Waals surface area (Å²) >= 11 is 0. The third-order valence-corrected chi connectivity index (χ3v) is 4.57. The van der Waals surface area contributed by atoms with Gasteiger partial charge in [0, 0.05) is 6.54 Å². The predicted molar refractivity (Wildman–Crippen MR) is 79.9 cm³/mol. The van der Waals surface area contributed by atoms with E-state index in [1.807, 2.05) is 23.1 Å². The number of carbonyl (C=O) groups excluding carboxylic acids is 1. The molecule has 21 heavy (non-hydrogen) atoms. The Bertz CT molecular complexity index is 535. The van der Waals surface area contributed by atoms with Crippen LogP contribution in [0.25, 0.3) is 0 Å². The van der Waals surface area contributed by atoms with Gasteiger partial charge in [0.1, 0.15) is 0 Å². The van der Waals surface area contributed by atoms with E-state index in [4.69, 9.17) is 4.74 Å². The van der Waals surface area contributed by atoms with Crippen molar-refractivity contribution in [3.05, 3.63) is 35.4 Å². The standard InChI is InChI=1S/C17H23NO3/c1-17(2,20)14-8-5-10-18(14)16(19)15-13-7-4-3-6-12(13)9-11-21-15/h3-4,6-7,14-15,20H,5,8-11H2,1-2H3. The van der Waals surface area contributed by atoms with Gasteiger partial charge in [0.2, 0.25) is 0 Å². The minimum absolute atomic E-state index is 0.00762. The molecule has 0 spiro atoms. The molecular formula is C17H23NO3. The van der Waals surface area contributed by atoms with Crippen LogP contribution in [0.4, 0.5) is 0 Å². The average molecular weight is 289 g/mol. The molecule has 1 amide bonds. The summed E-state index contributed by atoms with van der Waals surface area (Å²) in [6.07, 6.45) is 2.13. The van der Waals surface area contributed by atoms with E-state index in [9.17, 15) is 9.90 Å². The lowest BCUT2D eigenvalue weighted by molar-refractivity contribution is -0.150. The molecule has 1 aromatic carbocycles. The minimum atomic E-state index is -0.875. The molecule has 0 saturated carbocycles. The quantitative estimate of drug-likeness (QED) is 0.906. The summed E-state index contributed by atoms with van der Waals surface area (Å²) in [5, 5.41) is 10.3. The first-order chi connectivity index (χ1) is 9.98. The molecule has 2 heterocycles. The molecule has 3 rings (SSSR count). The number of aliphatic hydroxyl groups is 1. The highest BCUT2D eigenvalue weighted by Gasteiger charge is 2.42.